The van der Waals surface area contributed by atoms with E-state index >= 15 is 0 Å². The molecule has 5 saturated heterocycles. The van der Waals surface area contributed by atoms with Crippen molar-refractivity contribution in [2.45, 2.75) is 68.7 Å². The molecule has 154 valence electrons. The Morgan fingerprint density at radius 3 is 2.30 bits per heavy atom. The maximum Gasteiger partial charge on any atom is 0.190 e. The molecule has 9 nitrogen and oxygen atoms in total. The third-order valence-electron chi connectivity index (χ3n) is 5.16. The third-order valence-corrected chi connectivity index (χ3v) is 5.16. The van der Waals surface area contributed by atoms with Gasteiger partial charge in [-0.1, -0.05) is 0 Å². The van der Waals surface area contributed by atoms with Crippen molar-refractivity contribution in [2.75, 3.05) is 46.2 Å². The van der Waals surface area contributed by atoms with Crippen molar-refractivity contribution in [3.05, 3.63) is 0 Å². The summed E-state index contributed by atoms with van der Waals surface area (Å²) in [6.45, 7) is 7.94. The van der Waals surface area contributed by atoms with Gasteiger partial charge in [0, 0.05) is 0 Å². The fourth-order valence-electron chi connectivity index (χ4n) is 3.49. The molecule has 0 aromatic heterocycles. The SMILES string of the molecule is CC1(C)O[C@H]2O[C@H]([C@@H](COCC3CO3)OCC3CO3)[C@H](OCC3CO3)[C@H]2O1. The van der Waals surface area contributed by atoms with Crippen molar-refractivity contribution in [2.24, 2.45) is 0 Å². The van der Waals surface area contributed by atoms with E-state index in [-0.39, 0.29) is 42.7 Å². The van der Waals surface area contributed by atoms with Gasteiger partial charge in [0.1, 0.15) is 42.7 Å². The maximum absolute atomic E-state index is 6.18. The number of ether oxygens (including phenoxy) is 9. The highest BCUT2D eigenvalue weighted by atomic mass is 16.8. The van der Waals surface area contributed by atoms with E-state index in [9.17, 15) is 0 Å². The highest BCUT2D eigenvalue weighted by Crippen LogP contribution is 2.40. The first kappa shape index (κ1) is 18.7. The quantitative estimate of drug-likeness (QED) is 0.448. The summed E-state index contributed by atoms with van der Waals surface area (Å²) in [5.41, 5.74) is 0. The van der Waals surface area contributed by atoms with E-state index in [1.54, 1.807) is 0 Å². The Bertz CT molecular complexity index is 517. The van der Waals surface area contributed by atoms with Crippen molar-refractivity contribution in [3.8, 4) is 0 Å². The second kappa shape index (κ2) is 7.47. The predicted molar refractivity (Wildman–Crippen MR) is 88.2 cm³/mol. The van der Waals surface area contributed by atoms with E-state index in [2.05, 4.69) is 0 Å². The molecule has 5 heterocycles. The lowest BCUT2D eigenvalue weighted by Crippen LogP contribution is -2.46. The molecule has 9 heteroatoms. The third kappa shape index (κ3) is 4.80. The first-order chi connectivity index (χ1) is 13.1. The molecule has 0 aliphatic carbocycles. The van der Waals surface area contributed by atoms with Crippen LogP contribution in [-0.4, -0.2) is 101 Å². The zero-order valence-corrected chi connectivity index (χ0v) is 15.7. The molecule has 5 fully saturated rings. The van der Waals surface area contributed by atoms with Gasteiger partial charge in [0.25, 0.3) is 0 Å². The Morgan fingerprint density at radius 1 is 0.926 bits per heavy atom. The molecule has 0 amide bonds. The summed E-state index contributed by atoms with van der Waals surface area (Å²) in [5, 5.41) is 0. The minimum atomic E-state index is -0.698. The van der Waals surface area contributed by atoms with Crippen LogP contribution in [0.3, 0.4) is 0 Å². The minimum Gasteiger partial charge on any atom is -0.376 e. The summed E-state index contributed by atoms with van der Waals surface area (Å²) in [4.78, 5) is 0. The largest absolute Gasteiger partial charge is 0.376 e. The molecular formula is C18H28O9. The van der Waals surface area contributed by atoms with Gasteiger partial charge in [-0.05, 0) is 13.8 Å². The normalized spacial score (nSPS) is 44.9. The molecule has 5 aliphatic heterocycles. The van der Waals surface area contributed by atoms with Gasteiger partial charge in [0.05, 0.1) is 46.2 Å². The molecule has 8 atom stereocenters. The Balaban J connectivity index is 1.24. The summed E-state index contributed by atoms with van der Waals surface area (Å²) < 4.78 is 51.9. The zero-order chi connectivity index (χ0) is 18.4. The smallest absolute Gasteiger partial charge is 0.190 e. The van der Waals surface area contributed by atoms with E-state index in [0.29, 0.717) is 26.4 Å². The first-order valence-corrected chi connectivity index (χ1v) is 9.74. The minimum absolute atomic E-state index is 0.155. The van der Waals surface area contributed by atoms with Gasteiger partial charge < -0.3 is 42.6 Å². The number of fused-ring (bicyclic) bond motifs is 1. The lowest BCUT2D eigenvalue weighted by atomic mass is 10.1. The van der Waals surface area contributed by atoms with Crippen LogP contribution in [0.1, 0.15) is 13.8 Å². The van der Waals surface area contributed by atoms with Crippen molar-refractivity contribution >= 4 is 0 Å². The van der Waals surface area contributed by atoms with Gasteiger partial charge in [-0.3, -0.25) is 0 Å². The fraction of sp³-hybridized carbons (Fsp3) is 1.00. The van der Waals surface area contributed by atoms with Crippen molar-refractivity contribution in [3.63, 3.8) is 0 Å². The Morgan fingerprint density at radius 2 is 1.59 bits per heavy atom. The highest BCUT2D eigenvalue weighted by Gasteiger charge is 2.57. The fourth-order valence-corrected chi connectivity index (χ4v) is 3.49. The van der Waals surface area contributed by atoms with E-state index in [0.717, 1.165) is 19.8 Å². The molecular weight excluding hydrogens is 360 g/mol. The standard InChI is InChI=1S/C18H28O9/c1-18(2)26-16-15(24-8-12-6-22-12)14(25-17(16)27-18)13(23-7-11-5-21-11)9-19-3-10-4-20-10/h10-17H,3-9H2,1-2H3/t10?,11?,12?,13-,14-,15+,16-,17-/m1/s1. The number of hydrogen-bond acceptors (Lipinski definition) is 9. The predicted octanol–water partition coefficient (Wildman–Crippen LogP) is -0.154. The second-order valence-electron chi connectivity index (χ2n) is 8.14. The summed E-state index contributed by atoms with van der Waals surface area (Å²) in [5.74, 6) is -0.698. The van der Waals surface area contributed by atoms with Crippen molar-refractivity contribution < 1.29 is 42.6 Å². The summed E-state index contributed by atoms with van der Waals surface area (Å²) in [7, 11) is 0. The number of hydrogen-bond donors (Lipinski definition) is 0. The average Bonchev–Trinajstić information content (AvgIpc) is 3.49. The molecule has 0 radical (unpaired) electrons. The summed E-state index contributed by atoms with van der Waals surface area (Å²) in [6, 6.07) is 0. The molecule has 0 aromatic carbocycles. The molecule has 0 bridgehead atoms. The van der Waals surface area contributed by atoms with Gasteiger partial charge in [-0.25, -0.2) is 0 Å². The van der Waals surface area contributed by atoms with Crippen molar-refractivity contribution in [1.82, 2.24) is 0 Å². The molecule has 0 N–H and O–H groups in total. The Hall–Kier alpha value is -0.360. The first-order valence-electron chi connectivity index (χ1n) is 9.74. The van der Waals surface area contributed by atoms with Crippen LogP contribution in [0.4, 0.5) is 0 Å². The van der Waals surface area contributed by atoms with Crippen molar-refractivity contribution in [1.29, 1.82) is 0 Å². The monoisotopic (exact) mass is 388 g/mol. The second-order valence-corrected chi connectivity index (χ2v) is 8.14. The number of rotatable bonds is 11. The van der Waals surface area contributed by atoms with E-state index in [1.165, 1.54) is 0 Å². The van der Waals surface area contributed by atoms with Crippen LogP contribution in [0, 0.1) is 0 Å². The van der Waals surface area contributed by atoms with Crippen LogP contribution in [0.5, 0.6) is 0 Å². The molecule has 5 aliphatic rings. The van der Waals surface area contributed by atoms with Gasteiger partial charge in [-0.15, -0.1) is 0 Å². The average molecular weight is 388 g/mol. The van der Waals surface area contributed by atoms with E-state index in [4.69, 9.17) is 42.6 Å². The number of epoxide rings is 3. The van der Waals surface area contributed by atoms with Gasteiger partial charge in [0.15, 0.2) is 12.1 Å². The molecule has 27 heavy (non-hydrogen) atoms. The Kier molecular flexibility index (Phi) is 5.16. The van der Waals surface area contributed by atoms with Crippen LogP contribution in [0.2, 0.25) is 0 Å². The van der Waals surface area contributed by atoms with Crippen LogP contribution in [-0.2, 0) is 42.6 Å². The highest BCUT2D eigenvalue weighted by molar-refractivity contribution is 4.98. The van der Waals surface area contributed by atoms with Crippen LogP contribution < -0.4 is 0 Å². The van der Waals surface area contributed by atoms with E-state index < -0.39 is 12.1 Å². The molecule has 0 saturated carbocycles. The van der Waals surface area contributed by atoms with Crippen LogP contribution in [0.25, 0.3) is 0 Å². The zero-order valence-electron chi connectivity index (χ0n) is 15.7. The van der Waals surface area contributed by atoms with Crippen LogP contribution >= 0.6 is 0 Å². The van der Waals surface area contributed by atoms with E-state index in [1.807, 2.05) is 13.8 Å². The molecule has 5 rings (SSSR count). The Labute approximate surface area is 158 Å². The molecule has 0 spiro atoms. The lowest BCUT2D eigenvalue weighted by molar-refractivity contribution is -0.236. The van der Waals surface area contributed by atoms with Gasteiger partial charge in [0.2, 0.25) is 0 Å². The van der Waals surface area contributed by atoms with Gasteiger partial charge >= 0.3 is 0 Å². The topological polar surface area (TPSA) is 93.0 Å². The maximum atomic E-state index is 6.18. The van der Waals surface area contributed by atoms with Crippen LogP contribution in [0.15, 0.2) is 0 Å². The van der Waals surface area contributed by atoms with Gasteiger partial charge in [-0.2, -0.15) is 0 Å². The summed E-state index contributed by atoms with van der Waals surface area (Å²) >= 11 is 0. The molecule has 3 unspecified atom stereocenters. The molecule has 0 aromatic rings. The summed E-state index contributed by atoms with van der Waals surface area (Å²) in [6.07, 6.45) is -1.25. The lowest BCUT2D eigenvalue weighted by Gasteiger charge is -2.30.